The molecule has 1 heterocycles. The second-order valence-corrected chi connectivity index (χ2v) is 7.38. The predicted molar refractivity (Wildman–Crippen MR) is 114 cm³/mol. The first kappa shape index (κ1) is 18.5. The van der Waals surface area contributed by atoms with E-state index in [1.54, 1.807) is 6.07 Å². The van der Waals surface area contributed by atoms with E-state index >= 15 is 0 Å². The molecule has 1 aliphatic heterocycles. The average Bonchev–Trinajstić information content (AvgIpc) is 3.13. The normalized spacial score (nSPS) is 13.0. The summed E-state index contributed by atoms with van der Waals surface area (Å²) in [6.07, 6.45) is 1.54. The van der Waals surface area contributed by atoms with E-state index in [1.165, 1.54) is 11.8 Å². The average molecular weight is 410 g/mol. The van der Waals surface area contributed by atoms with Crippen molar-refractivity contribution in [1.29, 1.82) is 0 Å². The van der Waals surface area contributed by atoms with E-state index in [0.29, 0.717) is 10.6 Å². The van der Waals surface area contributed by atoms with E-state index < -0.39 is 0 Å². The molecule has 1 aliphatic rings. The molecular weight excluding hydrogens is 393 g/mol. The highest BCUT2D eigenvalue weighted by Gasteiger charge is 2.20. The molecule has 0 aliphatic carbocycles. The van der Waals surface area contributed by atoms with Gasteiger partial charge in [-0.2, -0.15) is 5.10 Å². The maximum absolute atomic E-state index is 12.4. The monoisotopic (exact) mass is 409 g/mol. The lowest BCUT2D eigenvalue weighted by Crippen LogP contribution is -2.18. The second kappa shape index (κ2) is 8.05. The van der Waals surface area contributed by atoms with Crippen molar-refractivity contribution in [2.45, 2.75) is 13.1 Å². The van der Waals surface area contributed by atoms with Crippen LogP contribution in [0.25, 0.3) is 0 Å². The molecule has 0 spiro atoms. The highest BCUT2D eigenvalue weighted by Crippen LogP contribution is 2.29. The Bertz CT molecular complexity index is 1050. The molecule has 0 radical (unpaired) electrons. The van der Waals surface area contributed by atoms with Gasteiger partial charge in [-0.15, -0.1) is 0 Å². The fourth-order valence-corrected chi connectivity index (χ4v) is 3.49. The van der Waals surface area contributed by atoms with Crippen molar-refractivity contribution in [3.63, 3.8) is 0 Å². The molecule has 140 valence electrons. The van der Waals surface area contributed by atoms with Gasteiger partial charge in [0.25, 0.3) is 5.91 Å². The molecular formula is C22H17Cl2N3O. The Morgan fingerprint density at radius 2 is 1.71 bits per heavy atom. The number of hydrogen-bond acceptors (Lipinski definition) is 3. The molecule has 4 rings (SSSR count). The second-order valence-electron chi connectivity index (χ2n) is 6.54. The molecule has 0 aromatic heterocycles. The van der Waals surface area contributed by atoms with Crippen molar-refractivity contribution < 1.29 is 4.79 Å². The third kappa shape index (κ3) is 4.03. The van der Waals surface area contributed by atoms with E-state index in [4.69, 9.17) is 23.2 Å². The van der Waals surface area contributed by atoms with Gasteiger partial charge in [-0.25, -0.2) is 5.43 Å². The minimum atomic E-state index is -0.254. The maximum atomic E-state index is 12.4. The van der Waals surface area contributed by atoms with Gasteiger partial charge in [0.2, 0.25) is 0 Å². The van der Waals surface area contributed by atoms with Crippen molar-refractivity contribution >= 4 is 41.0 Å². The Morgan fingerprint density at radius 3 is 2.50 bits per heavy atom. The Hall–Kier alpha value is -2.82. The Kier molecular flexibility index (Phi) is 5.33. The van der Waals surface area contributed by atoms with E-state index in [9.17, 15) is 4.79 Å². The first-order valence-corrected chi connectivity index (χ1v) is 9.56. The Balaban J connectivity index is 1.44. The Labute approximate surface area is 173 Å². The van der Waals surface area contributed by atoms with Gasteiger partial charge >= 0.3 is 0 Å². The van der Waals surface area contributed by atoms with Crippen LogP contribution in [0.4, 0.5) is 5.69 Å². The minimum Gasteiger partial charge on any atom is -0.363 e. The zero-order chi connectivity index (χ0) is 19.5. The van der Waals surface area contributed by atoms with Crippen molar-refractivity contribution in [2.75, 3.05) is 4.90 Å². The molecule has 0 unspecified atom stereocenters. The summed E-state index contributed by atoms with van der Waals surface area (Å²) < 4.78 is 0. The molecule has 3 aromatic rings. The summed E-state index contributed by atoms with van der Waals surface area (Å²) in [5.74, 6) is -0.254. The number of nitrogens with one attached hydrogen (secondary N) is 1. The molecule has 4 nitrogen and oxygen atoms in total. The summed E-state index contributed by atoms with van der Waals surface area (Å²) in [5.41, 5.74) is 7.34. The van der Waals surface area contributed by atoms with Crippen LogP contribution in [0.15, 0.2) is 71.8 Å². The van der Waals surface area contributed by atoms with Gasteiger partial charge in [-0.3, -0.25) is 4.79 Å². The molecule has 3 aromatic carbocycles. The number of benzene rings is 3. The van der Waals surface area contributed by atoms with Crippen LogP contribution in [0.1, 0.15) is 27.0 Å². The summed E-state index contributed by atoms with van der Waals surface area (Å²) in [5, 5.41) is 5.31. The molecule has 0 bridgehead atoms. The number of rotatable bonds is 4. The number of hydrogen-bond donors (Lipinski definition) is 1. The number of carbonyl (C=O) groups excluding carboxylic acids is 1. The quantitative estimate of drug-likeness (QED) is 0.470. The number of amides is 1. The fraction of sp³-hybridized carbons (Fsp3) is 0.0909. The first-order valence-electron chi connectivity index (χ1n) is 8.80. The van der Waals surface area contributed by atoms with Crippen LogP contribution >= 0.6 is 23.2 Å². The van der Waals surface area contributed by atoms with Crippen molar-refractivity contribution in [1.82, 2.24) is 5.43 Å². The molecule has 0 saturated carbocycles. The Morgan fingerprint density at radius 1 is 0.964 bits per heavy atom. The molecule has 0 atom stereocenters. The number of fused-ring (bicyclic) bond motifs is 1. The van der Waals surface area contributed by atoms with Crippen molar-refractivity contribution in [3.05, 3.63) is 99.0 Å². The topological polar surface area (TPSA) is 44.7 Å². The van der Waals surface area contributed by atoms with Gasteiger partial charge in [-0.1, -0.05) is 47.5 Å². The first-order chi connectivity index (χ1) is 13.6. The standard InChI is InChI=1S/C22H17Cl2N3O/c23-19-7-9-20(10-8-19)27-13-17-6-5-15(11-18(17)14-27)22(28)26-25-12-16-3-1-2-4-21(16)24/h1-12H,13-14H2,(H,26,28)/b25-12+. The summed E-state index contributed by atoms with van der Waals surface area (Å²) in [6.45, 7) is 1.56. The van der Waals surface area contributed by atoms with E-state index in [1.807, 2.05) is 60.7 Å². The lowest BCUT2D eigenvalue weighted by Gasteiger charge is -2.17. The largest absolute Gasteiger partial charge is 0.363 e. The zero-order valence-electron chi connectivity index (χ0n) is 14.9. The van der Waals surface area contributed by atoms with Crippen LogP contribution in [0.3, 0.4) is 0 Å². The number of carbonyl (C=O) groups is 1. The van der Waals surface area contributed by atoms with Crippen LogP contribution in [0.5, 0.6) is 0 Å². The summed E-state index contributed by atoms with van der Waals surface area (Å²) in [7, 11) is 0. The SMILES string of the molecule is O=C(N/N=C/c1ccccc1Cl)c1ccc2c(c1)CN(c1ccc(Cl)cc1)C2. The summed E-state index contributed by atoms with van der Waals surface area (Å²) in [6, 6.07) is 20.8. The highest BCUT2D eigenvalue weighted by molar-refractivity contribution is 6.33. The smallest absolute Gasteiger partial charge is 0.271 e. The minimum absolute atomic E-state index is 0.254. The lowest BCUT2D eigenvalue weighted by molar-refractivity contribution is 0.0955. The zero-order valence-corrected chi connectivity index (χ0v) is 16.4. The van der Waals surface area contributed by atoms with Crippen LogP contribution in [0, 0.1) is 0 Å². The van der Waals surface area contributed by atoms with Gasteiger partial charge in [0.1, 0.15) is 0 Å². The summed E-state index contributed by atoms with van der Waals surface area (Å²) >= 11 is 12.0. The van der Waals surface area contributed by atoms with Gasteiger partial charge in [-0.05, 0) is 53.6 Å². The van der Waals surface area contributed by atoms with E-state index in [-0.39, 0.29) is 5.91 Å². The summed E-state index contributed by atoms with van der Waals surface area (Å²) in [4.78, 5) is 14.7. The molecule has 0 fully saturated rings. The molecule has 6 heteroatoms. The maximum Gasteiger partial charge on any atom is 0.271 e. The van der Waals surface area contributed by atoms with Gasteiger partial charge in [0.05, 0.1) is 6.21 Å². The lowest BCUT2D eigenvalue weighted by atomic mass is 10.1. The number of anilines is 1. The fourth-order valence-electron chi connectivity index (χ4n) is 3.18. The van der Waals surface area contributed by atoms with Crippen LogP contribution in [-0.4, -0.2) is 12.1 Å². The van der Waals surface area contributed by atoms with E-state index in [0.717, 1.165) is 34.9 Å². The number of nitrogens with zero attached hydrogens (tertiary/aromatic N) is 2. The molecule has 28 heavy (non-hydrogen) atoms. The van der Waals surface area contributed by atoms with Crippen molar-refractivity contribution in [2.24, 2.45) is 5.10 Å². The van der Waals surface area contributed by atoms with Gasteiger partial charge < -0.3 is 4.90 Å². The van der Waals surface area contributed by atoms with Crippen LogP contribution in [0.2, 0.25) is 10.0 Å². The van der Waals surface area contributed by atoms with E-state index in [2.05, 4.69) is 15.4 Å². The van der Waals surface area contributed by atoms with Crippen LogP contribution < -0.4 is 10.3 Å². The number of hydrazone groups is 1. The third-order valence-corrected chi connectivity index (χ3v) is 5.25. The van der Waals surface area contributed by atoms with Gasteiger partial charge in [0.15, 0.2) is 0 Å². The molecule has 1 N–H and O–H groups in total. The van der Waals surface area contributed by atoms with Crippen molar-refractivity contribution in [3.8, 4) is 0 Å². The third-order valence-electron chi connectivity index (χ3n) is 4.66. The van der Waals surface area contributed by atoms with Crippen LogP contribution in [-0.2, 0) is 13.1 Å². The molecule has 0 saturated heterocycles. The predicted octanol–water partition coefficient (Wildman–Crippen LogP) is 5.28. The molecule has 1 amide bonds. The number of halogens is 2. The highest BCUT2D eigenvalue weighted by atomic mass is 35.5. The van der Waals surface area contributed by atoms with Gasteiger partial charge in [0, 0.05) is 39.9 Å².